The first-order chi connectivity index (χ1) is 14.1. The van der Waals surface area contributed by atoms with Gasteiger partial charge in [-0.2, -0.15) is 0 Å². The van der Waals surface area contributed by atoms with Gasteiger partial charge in [0.05, 0.1) is 44.1 Å². The first-order valence-electron chi connectivity index (χ1n) is 9.41. The number of hydrogen-bond donors (Lipinski definition) is 0. The average Bonchev–Trinajstić information content (AvgIpc) is 3.16. The highest BCUT2D eigenvalue weighted by molar-refractivity contribution is 5.69. The lowest BCUT2D eigenvalue weighted by molar-refractivity contribution is 0.242. The Morgan fingerprint density at radius 2 is 1.55 bits per heavy atom. The lowest BCUT2D eigenvalue weighted by Gasteiger charge is -2.11. The Bertz CT molecular complexity index is 1130. The lowest BCUT2D eigenvalue weighted by atomic mass is 10.1. The number of hydrogen-bond acceptors (Lipinski definition) is 5. The Morgan fingerprint density at radius 3 is 2.24 bits per heavy atom. The predicted octanol–water partition coefficient (Wildman–Crippen LogP) is 4.87. The second-order valence-corrected chi connectivity index (χ2v) is 6.94. The first-order valence-corrected chi connectivity index (χ1v) is 9.41. The molecule has 0 atom stereocenters. The van der Waals surface area contributed by atoms with E-state index in [1.807, 2.05) is 73.1 Å². The van der Waals surface area contributed by atoms with Gasteiger partial charge in [0, 0.05) is 23.4 Å². The maximum atomic E-state index is 5.82. The van der Waals surface area contributed by atoms with Crippen LogP contribution in [0.4, 0.5) is 0 Å². The van der Waals surface area contributed by atoms with E-state index in [2.05, 4.69) is 9.97 Å². The zero-order chi connectivity index (χ0) is 20.4. The standard InChI is InChI=1S/C23H23N3O3/c1-15(2)29-18-7-5-6-16(8-18)21-14-26-22(12-25-23(26)13-24-21)17-9-19(27-3)11-20(10-17)28-4/h5-15H,1-4H3. The Morgan fingerprint density at radius 1 is 0.828 bits per heavy atom. The van der Waals surface area contributed by atoms with Crippen LogP contribution in [0.2, 0.25) is 0 Å². The molecule has 148 valence electrons. The summed E-state index contributed by atoms with van der Waals surface area (Å²) in [5, 5.41) is 0. The summed E-state index contributed by atoms with van der Waals surface area (Å²) < 4.78 is 18.7. The van der Waals surface area contributed by atoms with Crippen molar-refractivity contribution in [2.24, 2.45) is 0 Å². The molecule has 0 aliphatic carbocycles. The Balaban J connectivity index is 1.80. The molecule has 0 spiro atoms. The fourth-order valence-corrected chi connectivity index (χ4v) is 3.21. The van der Waals surface area contributed by atoms with Crippen molar-refractivity contribution in [3.8, 4) is 39.8 Å². The SMILES string of the molecule is COc1cc(OC)cc(-c2cnc3cnc(-c4cccc(OC(C)C)c4)cn23)c1. The van der Waals surface area contributed by atoms with Gasteiger partial charge in [0.1, 0.15) is 17.2 Å². The van der Waals surface area contributed by atoms with Crippen LogP contribution in [0.3, 0.4) is 0 Å². The van der Waals surface area contributed by atoms with Crippen LogP contribution in [0, 0.1) is 0 Å². The molecule has 6 heteroatoms. The van der Waals surface area contributed by atoms with Crippen LogP contribution in [-0.4, -0.2) is 34.7 Å². The van der Waals surface area contributed by atoms with E-state index < -0.39 is 0 Å². The van der Waals surface area contributed by atoms with Crippen LogP contribution >= 0.6 is 0 Å². The molecule has 0 unspecified atom stereocenters. The van der Waals surface area contributed by atoms with Gasteiger partial charge in [0.2, 0.25) is 0 Å². The quantitative estimate of drug-likeness (QED) is 0.471. The maximum absolute atomic E-state index is 5.82. The first kappa shape index (κ1) is 18.8. The van der Waals surface area contributed by atoms with Crippen LogP contribution in [-0.2, 0) is 0 Å². The number of ether oxygens (including phenoxy) is 3. The molecule has 0 fully saturated rings. The molecule has 2 aromatic carbocycles. The molecule has 0 amide bonds. The molecule has 0 aliphatic rings. The van der Waals surface area contributed by atoms with Gasteiger partial charge in [-0.1, -0.05) is 12.1 Å². The predicted molar refractivity (Wildman–Crippen MR) is 113 cm³/mol. The highest BCUT2D eigenvalue weighted by Crippen LogP contribution is 2.31. The molecule has 6 nitrogen and oxygen atoms in total. The highest BCUT2D eigenvalue weighted by Gasteiger charge is 2.12. The molecule has 4 rings (SSSR count). The van der Waals surface area contributed by atoms with E-state index >= 15 is 0 Å². The average molecular weight is 389 g/mol. The van der Waals surface area contributed by atoms with E-state index in [1.54, 1.807) is 20.4 Å². The van der Waals surface area contributed by atoms with E-state index in [0.29, 0.717) is 0 Å². The summed E-state index contributed by atoms with van der Waals surface area (Å²) in [4.78, 5) is 9.08. The third-order valence-corrected chi connectivity index (χ3v) is 4.54. The smallest absolute Gasteiger partial charge is 0.155 e. The van der Waals surface area contributed by atoms with Crippen molar-refractivity contribution in [3.05, 3.63) is 61.1 Å². The largest absolute Gasteiger partial charge is 0.497 e. The molecule has 2 aromatic heterocycles. The number of rotatable bonds is 6. The molecule has 0 N–H and O–H groups in total. The Labute approximate surface area is 169 Å². The van der Waals surface area contributed by atoms with E-state index in [0.717, 1.165) is 45.4 Å². The van der Waals surface area contributed by atoms with E-state index in [9.17, 15) is 0 Å². The van der Waals surface area contributed by atoms with Crippen molar-refractivity contribution in [2.45, 2.75) is 20.0 Å². The molecule has 0 saturated carbocycles. The van der Waals surface area contributed by atoms with Gasteiger partial charge in [-0.25, -0.2) is 4.98 Å². The van der Waals surface area contributed by atoms with Gasteiger partial charge >= 0.3 is 0 Å². The van der Waals surface area contributed by atoms with Crippen molar-refractivity contribution >= 4 is 5.65 Å². The van der Waals surface area contributed by atoms with Crippen LogP contribution < -0.4 is 14.2 Å². The summed E-state index contributed by atoms with van der Waals surface area (Å²) in [5.41, 5.74) is 4.45. The molecule has 0 bridgehead atoms. The summed E-state index contributed by atoms with van der Waals surface area (Å²) in [5.74, 6) is 2.27. The second kappa shape index (κ2) is 7.83. The van der Waals surface area contributed by atoms with E-state index in [1.165, 1.54) is 0 Å². The minimum Gasteiger partial charge on any atom is -0.497 e. The van der Waals surface area contributed by atoms with Crippen molar-refractivity contribution in [1.82, 2.24) is 14.4 Å². The maximum Gasteiger partial charge on any atom is 0.155 e. The number of aromatic nitrogens is 3. The molecular formula is C23H23N3O3. The molecule has 0 aliphatic heterocycles. The minimum atomic E-state index is 0.115. The summed E-state index contributed by atoms with van der Waals surface area (Å²) in [6.07, 6.45) is 5.70. The van der Waals surface area contributed by atoms with Crippen LogP contribution in [0.1, 0.15) is 13.8 Å². The fourth-order valence-electron chi connectivity index (χ4n) is 3.21. The fraction of sp³-hybridized carbons (Fsp3) is 0.217. The summed E-state index contributed by atoms with van der Waals surface area (Å²) in [6.45, 7) is 4.02. The number of benzene rings is 2. The third kappa shape index (κ3) is 3.87. The molecular weight excluding hydrogens is 366 g/mol. The number of fused-ring (bicyclic) bond motifs is 1. The monoisotopic (exact) mass is 389 g/mol. The van der Waals surface area contributed by atoms with Gasteiger partial charge in [0.25, 0.3) is 0 Å². The number of methoxy groups -OCH3 is 2. The zero-order valence-electron chi connectivity index (χ0n) is 16.9. The number of imidazole rings is 1. The highest BCUT2D eigenvalue weighted by atomic mass is 16.5. The third-order valence-electron chi connectivity index (χ3n) is 4.54. The Kier molecular flexibility index (Phi) is 5.08. The van der Waals surface area contributed by atoms with Gasteiger partial charge < -0.3 is 14.2 Å². The zero-order valence-corrected chi connectivity index (χ0v) is 16.9. The van der Waals surface area contributed by atoms with Crippen LogP contribution in [0.5, 0.6) is 17.2 Å². The molecule has 2 heterocycles. The Hall–Kier alpha value is -3.54. The van der Waals surface area contributed by atoms with E-state index in [4.69, 9.17) is 14.2 Å². The molecule has 0 radical (unpaired) electrons. The van der Waals surface area contributed by atoms with Gasteiger partial charge in [-0.15, -0.1) is 0 Å². The van der Waals surface area contributed by atoms with Crippen molar-refractivity contribution in [3.63, 3.8) is 0 Å². The summed E-state index contributed by atoms with van der Waals surface area (Å²) in [6, 6.07) is 13.7. The second-order valence-electron chi connectivity index (χ2n) is 6.94. The van der Waals surface area contributed by atoms with Crippen molar-refractivity contribution in [1.29, 1.82) is 0 Å². The number of nitrogens with zero attached hydrogens (tertiary/aromatic N) is 3. The van der Waals surface area contributed by atoms with E-state index in [-0.39, 0.29) is 6.10 Å². The van der Waals surface area contributed by atoms with Gasteiger partial charge in [-0.05, 0) is 38.1 Å². The molecule has 0 saturated heterocycles. The summed E-state index contributed by atoms with van der Waals surface area (Å²) in [7, 11) is 3.28. The van der Waals surface area contributed by atoms with Crippen LogP contribution in [0.25, 0.3) is 28.2 Å². The topological polar surface area (TPSA) is 57.9 Å². The van der Waals surface area contributed by atoms with Gasteiger partial charge in [0.15, 0.2) is 5.65 Å². The van der Waals surface area contributed by atoms with Crippen molar-refractivity contribution < 1.29 is 14.2 Å². The normalized spacial score (nSPS) is 11.1. The molecule has 29 heavy (non-hydrogen) atoms. The minimum absolute atomic E-state index is 0.115. The van der Waals surface area contributed by atoms with Crippen molar-refractivity contribution in [2.75, 3.05) is 14.2 Å². The van der Waals surface area contributed by atoms with Gasteiger partial charge in [-0.3, -0.25) is 9.38 Å². The molecule has 4 aromatic rings. The van der Waals surface area contributed by atoms with Crippen LogP contribution in [0.15, 0.2) is 61.1 Å². The summed E-state index contributed by atoms with van der Waals surface area (Å²) >= 11 is 0. The lowest BCUT2D eigenvalue weighted by Crippen LogP contribution is -2.05.